The van der Waals surface area contributed by atoms with Crippen molar-refractivity contribution in [1.82, 2.24) is 9.88 Å². The number of anilines is 1. The first kappa shape index (κ1) is 23.6. The molecule has 184 valence electrons. The maximum atomic E-state index is 13.1. The molecule has 0 saturated carbocycles. The number of aromatic nitrogens is 1. The Morgan fingerprint density at radius 3 is 2.46 bits per heavy atom. The summed E-state index contributed by atoms with van der Waals surface area (Å²) >= 11 is 0. The van der Waals surface area contributed by atoms with Crippen LogP contribution in [0.15, 0.2) is 70.6 Å². The van der Waals surface area contributed by atoms with Gasteiger partial charge in [-0.1, -0.05) is 30.3 Å². The fraction of sp³-hybridized carbons (Fsp3) is 0.407. The molecule has 1 amide bonds. The Morgan fingerprint density at radius 1 is 0.971 bits per heavy atom. The number of benzene rings is 2. The van der Waals surface area contributed by atoms with Crippen LogP contribution in [-0.2, 0) is 14.6 Å². The maximum absolute atomic E-state index is 13.1. The third-order valence-electron chi connectivity index (χ3n) is 6.82. The van der Waals surface area contributed by atoms with Crippen LogP contribution in [0, 0.1) is 11.8 Å². The first-order chi connectivity index (χ1) is 16.6. The molecule has 2 fully saturated rings. The number of ether oxygens (including phenoxy) is 1. The summed E-state index contributed by atoms with van der Waals surface area (Å²) in [5.41, 5.74) is 1.29. The lowest BCUT2D eigenvalue weighted by atomic mass is 9.89. The lowest BCUT2D eigenvalue weighted by molar-refractivity contribution is 0.0140. The van der Waals surface area contributed by atoms with Crippen LogP contribution in [-0.4, -0.2) is 56.2 Å². The third kappa shape index (κ3) is 4.72. The standard InChI is InChI=1S/C27H31N3O4S/c1-27(2,3)34-26(31)29-13-12-20-16-30(18-21(20)17-29)24-11-7-8-19-14-23(15-28-25(19)24)35(32,33)22-9-5-4-6-10-22/h4-11,14-15,20-21H,12-13,16-18H2,1-3H3. The monoisotopic (exact) mass is 493 g/mol. The summed E-state index contributed by atoms with van der Waals surface area (Å²) < 4.78 is 31.7. The maximum Gasteiger partial charge on any atom is 0.410 e. The highest BCUT2D eigenvalue weighted by atomic mass is 32.2. The topological polar surface area (TPSA) is 79.8 Å². The summed E-state index contributed by atoms with van der Waals surface area (Å²) in [5.74, 6) is 0.867. The minimum absolute atomic E-state index is 0.191. The van der Waals surface area contributed by atoms with Gasteiger partial charge in [0.05, 0.1) is 21.0 Å². The minimum Gasteiger partial charge on any atom is -0.444 e. The molecule has 0 aliphatic carbocycles. The number of piperidine rings is 1. The number of amides is 1. The number of para-hydroxylation sites is 1. The van der Waals surface area contributed by atoms with Gasteiger partial charge in [0.1, 0.15) is 5.60 Å². The van der Waals surface area contributed by atoms with E-state index in [1.807, 2.05) is 43.9 Å². The van der Waals surface area contributed by atoms with Crippen LogP contribution in [0.5, 0.6) is 0 Å². The molecule has 8 heteroatoms. The van der Waals surface area contributed by atoms with E-state index in [1.165, 1.54) is 6.20 Å². The van der Waals surface area contributed by atoms with E-state index in [4.69, 9.17) is 4.74 Å². The summed E-state index contributed by atoms with van der Waals surface area (Å²) in [4.78, 5) is 21.8. The van der Waals surface area contributed by atoms with Crippen molar-refractivity contribution in [2.75, 3.05) is 31.1 Å². The second-order valence-electron chi connectivity index (χ2n) is 10.5. The Hall–Kier alpha value is -3.13. The molecule has 2 aliphatic rings. The van der Waals surface area contributed by atoms with E-state index in [0.29, 0.717) is 24.9 Å². The molecule has 35 heavy (non-hydrogen) atoms. The number of fused-ring (bicyclic) bond motifs is 2. The van der Waals surface area contributed by atoms with Crippen molar-refractivity contribution < 1.29 is 17.9 Å². The summed E-state index contributed by atoms with van der Waals surface area (Å²) in [6.45, 7) is 8.79. The van der Waals surface area contributed by atoms with Gasteiger partial charge in [-0.25, -0.2) is 13.2 Å². The van der Waals surface area contributed by atoms with E-state index in [9.17, 15) is 13.2 Å². The minimum atomic E-state index is -3.63. The van der Waals surface area contributed by atoms with Crippen molar-refractivity contribution in [3.63, 3.8) is 0 Å². The Balaban J connectivity index is 1.37. The molecule has 2 aliphatic heterocycles. The van der Waals surface area contributed by atoms with Crippen molar-refractivity contribution in [2.45, 2.75) is 42.6 Å². The fourth-order valence-electron chi connectivity index (χ4n) is 5.12. The SMILES string of the molecule is CC(C)(C)OC(=O)N1CCC2CN(c3cccc4cc(S(=O)(=O)c5ccccc5)cnc34)CC2C1. The first-order valence-corrected chi connectivity index (χ1v) is 13.5. The highest BCUT2D eigenvalue weighted by Gasteiger charge is 2.40. The fourth-order valence-corrected chi connectivity index (χ4v) is 6.38. The highest BCUT2D eigenvalue weighted by Crippen LogP contribution is 2.37. The quantitative estimate of drug-likeness (QED) is 0.523. The number of pyridine rings is 1. The number of hydrogen-bond donors (Lipinski definition) is 0. The summed E-state index contributed by atoms with van der Waals surface area (Å²) in [6.07, 6.45) is 2.16. The van der Waals surface area contributed by atoms with Crippen LogP contribution in [0.25, 0.3) is 10.9 Å². The van der Waals surface area contributed by atoms with Crippen LogP contribution in [0.2, 0.25) is 0 Å². The van der Waals surface area contributed by atoms with Crippen LogP contribution >= 0.6 is 0 Å². The summed E-state index contributed by atoms with van der Waals surface area (Å²) in [7, 11) is -3.63. The van der Waals surface area contributed by atoms with E-state index in [2.05, 4.69) is 9.88 Å². The number of nitrogens with zero attached hydrogens (tertiary/aromatic N) is 3. The normalized spacial score (nSPS) is 20.7. The zero-order valence-corrected chi connectivity index (χ0v) is 21.2. The van der Waals surface area contributed by atoms with Crippen LogP contribution < -0.4 is 4.90 Å². The lowest BCUT2D eigenvalue weighted by Crippen LogP contribution is -2.45. The molecule has 0 bridgehead atoms. The molecule has 0 N–H and O–H groups in total. The number of carbonyl (C=O) groups excluding carboxylic acids is 1. The smallest absolute Gasteiger partial charge is 0.410 e. The van der Waals surface area contributed by atoms with Gasteiger partial charge in [0.15, 0.2) is 0 Å². The molecule has 2 atom stereocenters. The van der Waals surface area contributed by atoms with Gasteiger partial charge >= 0.3 is 6.09 Å². The molecule has 3 heterocycles. The molecule has 7 nitrogen and oxygen atoms in total. The first-order valence-electron chi connectivity index (χ1n) is 12.0. The van der Waals surface area contributed by atoms with Gasteiger partial charge in [0.2, 0.25) is 9.84 Å². The molecule has 2 unspecified atom stereocenters. The van der Waals surface area contributed by atoms with Gasteiger partial charge in [-0.2, -0.15) is 0 Å². The average Bonchev–Trinajstić information content (AvgIpc) is 3.26. The number of carbonyl (C=O) groups is 1. The van der Waals surface area contributed by atoms with E-state index >= 15 is 0 Å². The van der Waals surface area contributed by atoms with Gasteiger partial charge in [-0.15, -0.1) is 0 Å². The largest absolute Gasteiger partial charge is 0.444 e. The zero-order chi connectivity index (χ0) is 24.8. The molecular formula is C27H31N3O4S. The second kappa shape index (κ2) is 8.82. The molecule has 2 aromatic carbocycles. The molecule has 0 spiro atoms. The number of hydrogen-bond acceptors (Lipinski definition) is 6. The van der Waals surface area contributed by atoms with Gasteiger partial charge in [-0.3, -0.25) is 4.98 Å². The van der Waals surface area contributed by atoms with E-state index in [1.54, 1.807) is 36.4 Å². The van der Waals surface area contributed by atoms with Gasteiger partial charge in [0.25, 0.3) is 0 Å². The second-order valence-corrected chi connectivity index (χ2v) is 12.4. The van der Waals surface area contributed by atoms with Gasteiger partial charge in [-0.05, 0) is 63.3 Å². The van der Waals surface area contributed by atoms with Crippen molar-refractivity contribution in [3.8, 4) is 0 Å². The molecule has 2 saturated heterocycles. The van der Waals surface area contributed by atoms with Crippen molar-refractivity contribution in [2.24, 2.45) is 11.8 Å². The average molecular weight is 494 g/mol. The lowest BCUT2D eigenvalue weighted by Gasteiger charge is -2.35. The van der Waals surface area contributed by atoms with E-state index in [0.717, 1.165) is 36.1 Å². The summed E-state index contributed by atoms with van der Waals surface area (Å²) in [5, 5.41) is 0.796. The molecular weight excluding hydrogens is 462 g/mol. The molecule has 5 rings (SSSR count). The third-order valence-corrected chi connectivity index (χ3v) is 8.56. The van der Waals surface area contributed by atoms with Crippen molar-refractivity contribution in [3.05, 3.63) is 60.8 Å². The van der Waals surface area contributed by atoms with Crippen molar-refractivity contribution in [1.29, 1.82) is 0 Å². The number of likely N-dealkylation sites (tertiary alicyclic amines) is 1. The zero-order valence-electron chi connectivity index (χ0n) is 20.3. The Morgan fingerprint density at radius 2 is 1.71 bits per heavy atom. The number of sulfone groups is 1. The van der Waals surface area contributed by atoms with E-state index in [-0.39, 0.29) is 15.9 Å². The van der Waals surface area contributed by atoms with Crippen LogP contribution in [0.3, 0.4) is 0 Å². The molecule has 3 aromatic rings. The molecule has 1 aromatic heterocycles. The predicted molar refractivity (Wildman–Crippen MR) is 135 cm³/mol. The number of rotatable bonds is 3. The highest BCUT2D eigenvalue weighted by molar-refractivity contribution is 7.91. The molecule has 0 radical (unpaired) electrons. The van der Waals surface area contributed by atoms with Gasteiger partial charge in [0, 0.05) is 37.8 Å². The Labute approximate surface area is 206 Å². The van der Waals surface area contributed by atoms with E-state index < -0.39 is 15.4 Å². The van der Waals surface area contributed by atoms with Crippen LogP contribution in [0.1, 0.15) is 27.2 Å². The van der Waals surface area contributed by atoms with Gasteiger partial charge < -0.3 is 14.5 Å². The Bertz CT molecular complexity index is 1350. The predicted octanol–water partition coefficient (Wildman–Crippen LogP) is 4.76. The van der Waals surface area contributed by atoms with Crippen molar-refractivity contribution >= 4 is 32.5 Å². The van der Waals surface area contributed by atoms with Crippen LogP contribution in [0.4, 0.5) is 10.5 Å². The Kier molecular flexibility index (Phi) is 5.95. The summed E-state index contributed by atoms with van der Waals surface area (Å²) in [6, 6.07) is 16.0.